The predicted molar refractivity (Wildman–Crippen MR) is 74.2 cm³/mol. The van der Waals surface area contributed by atoms with Crippen LogP contribution in [0, 0.1) is 0 Å². The van der Waals surface area contributed by atoms with Crippen molar-refractivity contribution in [2.75, 3.05) is 30.9 Å². The van der Waals surface area contributed by atoms with Gasteiger partial charge >= 0.3 is 0 Å². The maximum atomic E-state index is 11.6. The van der Waals surface area contributed by atoms with Crippen molar-refractivity contribution in [3.05, 3.63) is 24.3 Å². The zero-order valence-corrected chi connectivity index (χ0v) is 11.7. The fourth-order valence-electron chi connectivity index (χ4n) is 1.34. The van der Waals surface area contributed by atoms with Crippen LogP contribution in [0.4, 0.5) is 5.69 Å². The Morgan fingerprint density at radius 1 is 1.35 bits per heavy atom. The Bertz CT molecular complexity index is 447. The normalized spacial score (nSPS) is 11.4. The van der Waals surface area contributed by atoms with Crippen molar-refractivity contribution < 1.29 is 8.42 Å². The lowest BCUT2D eigenvalue weighted by Crippen LogP contribution is -2.18. The Morgan fingerprint density at radius 3 is 2.76 bits per heavy atom. The van der Waals surface area contributed by atoms with E-state index in [2.05, 4.69) is 16.3 Å². The van der Waals surface area contributed by atoms with Gasteiger partial charge in [-0.15, -0.1) is 0 Å². The van der Waals surface area contributed by atoms with Crippen molar-refractivity contribution >= 4 is 27.5 Å². The van der Waals surface area contributed by atoms with Gasteiger partial charge in [0, 0.05) is 12.2 Å². The van der Waals surface area contributed by atoms with E-state index in [-0.39, 0.29) is 4.90 Å². The molecule has 0 aromatic heterocycles. The van der Waals surface area contributed by atoms with Gasteiger partial charge in [0.15, 0.2) is 0 Å². The van der Waals surface area contributed by atoms with Crippen LogP contribution in [0.15, 0.2) is 29.2 Å². The number of sulfonamides is 1. The highest BCUT2D eigenvalue weighted by Gasteiger charge is 2.10. The van der Waals surface area contributed by atoms with Gasteiger partial charge in [0.25, 0.3) is 0 Å². The lowest BCUT2D eigenvalue weighted by Gasteiger charge is -2.08. The van der Waals surface area contributed by atoms with Gasteiger partial charge in [-0.3, -0.25) is 0 Å². The fraction of sp³-hybridized carbons (Fsp3) is 0.455. The van der Waals surface area contributed by atoms with Crippen LogP contribution in [0.1, 0.15) is 6.42 Å². The van der Waals surface area contributed by atoms with Gasteiger partial charge in [0.2, 0.25) is 10.0 Å². The number of anilines is 1. The summed E-state index contributed by atoms with van der Waals surface area (Å²) in [6, 6.07) is 6.83. The first-order valence-corrected chi connectivity index (χ1v) is 8.24. The molecule has 1 aromatic rings. The lowest BCUT2D eigenvalue weighted by molar-refractivity contribution is 0.588. The number of benzene rings is 1. The molecule has 1 aromatic carbocycles. The third kappa shape index (κ3) is 4.57. The molecular formula is C11H18N2O2S2. The van der Waals surface area contributed by atoms with E-state index in [0.29, 0.717) is 0 Å². The van der Waals surface area contributed by atoms with E-state index < -0.39 is 10.0 Å². The first-order chi connectivity index (χ1) is 8.10. The van der Waals surface area contributed by atoms with E-state index >= 15 is 0 Å². The highest BCUT2D eigenvalue weighted by atomic mass is 32.2. The second-order valence-electron chi connectivity index (χ2n) is 3.51. The second kappa shape index (κ2) is 6.88. The van der Waals surface area contributed by atoms with Gasteiger partial charge in [-0.1, -0.05) is 6.07 Å². The molecule has 0 atom stereocenters. The first-order valence-electron chi connectivity index (χ1n) is 5.36. The molecule has 0 spiro atoms. The van der Waals surface area contributed by atoms with Gasteiger partial charge in [0.1, 0.15) is 0 Å². The number of hydrogen-bond acceptors (Lipinski definition) is 4. The molecule has 0 unspecified atom stereocenters. The lowest BCUT2D eigenvalue weighted by atomic mass is 10.3. The van der Waals surface area contributed by atoms with E-state index in [0.717, 1.165) is 24.4 Å². The number of rotatable bonds is 7. The Kier molecular flexibility index (Phi) is 5.80. The molecule has 2 N–H and O–H groups in total. The molecule has 1 rings (SSSR count). The molecule has 0 saturated carbocycles. The monoisotopic (exact) mass is 274 g/mol. The van der Waals surface area contributed by atoms with Gasteiger partial charge in [0.05, 0.1) is 4.90 Å². The molecule has 0 radical (unpaired) electrons. The van der Waals surface area contributed by atoms with Crippen molar-refractivity contribution in [2.45, 2.75) is 11.3 Å². The zero-order valence-electron chi connectivity index (χ0n) is 10.1. The SMILES string of the molecule is CNS(=O)(=O)c1cccc(NCCCSC)c1. The van der Waals surface area contributed by atoms with E-state index in [9.17, 15) is 8.42 Å². The predicted octanol–water partition coefficient (Wildman–Crippen LogP) is 1.76. The number of nitrogens with one attached hydrogen (secondary N) is 2. The summed E-state index contributed by atoms with van der Waals surface area (Å²) in [6.07, 6.45) is 3.13. The number of thioether (sulfide) groups is 1. The van der Waals surface area contributed by atoms with Crippen LogP contribution in [-0.2, 0) is 10.0 Å². The van der Waals surface area contributed by atoms with Crippen molar-refractivity contribution in [3.63, 3.8) is 0 Å². The quantitative estimate of drug-likeness (QED) is 0.744. The van der Waals surface area contributed by atoms with Crippen LogP contribution in [-0.4, -0.2) is 34.0 Å². The van der Waals surface area contributed by atoms with Gasteiger partial charge in [-0.2, -0.15) is 11.8 Å². The third-order valence-corrected chi connectivity index (χ3v) is 4.38. The Labute approximate surface area is 107 Å². The zero-order chi connectivity index (χ0) is 12.7. The molecule has 0 bridgehead atoms. The molecule has 0 amide bonds. The summed E-state index contributed by atoms with van der Waals surface area (Å²) in [7, 11) is -1.94. The van der Waals surface area contributed by atoms with Gasteiger partial charge in [-0.25, -0.2) is 13.1 Å². The van der Waals surface area contributed by atoms with Crippen LogP contribution in [0.25, 0.3) is 0 Å². The summed E-state index contributed by atoms with van der Waals surface area (Å²) in [5.74, 6) is 1.10. The van der Waals surface area contributed by atoms with Crippen molar-refractivity contribution in [1.82, 2.24) is 4.72 Å². The second-order valence-corrected chi connectivity index (χ2v) is 6.38. The largest absolute Gasteiger partial charge is 0.385 e. The van der Waals surface area contributed by atoms with Crippen LogP contribution >= 0.6 is 11.8 Å². The summed E-state index contributed by atoms with van der Waals surface area (Å²) in [6.45, 7) is 0.851. The molecular weight excluding hydrogens is 256 g/mol. The minimum Gasteiger partial charge on any atom is -0.385 e. The Hall–Kier alpha value is -0.720. The first kappa shape index (κ1) is 14.3. The summed E-state index contributed by atoms with van der Waals surface area (Å²) in [5.41, 5.74) is 0.836. The summed E-state index contributed by atoms with van der Waals surface area (Å²) < 4.78 is 25.5. The molecule has 0 saturated heterocycles. The molecule has 0 fully saturated rings. The molecule has 0 heterocycles. The number of hydrogen-bond donors (Lipinski definition) is 2. The molecule has 0 aliphatic heterocycles. The summed E-state index contributed by atoms with van der Waals surface area (Å²) in [4.78, 5) is 0.287. The van der Waals surface area contributed by atoms with Crippen LogP contribution in [0.3, 0.4) is 0 Å². The Morgan fingerprint density at radius 2 is 2.12 bits per heavy atom. The van der Waals surface area contributed by atoms with Crippen LogP contribution in [0.5, 0.6) is 0 Å². The Balaban J connectivity index is 2.67. The van der Waals surface area contributed by atoms with Crippen molar-refractivity contribution in [3.8, 4) is 0 Å². The maximum absolute atomic E-state index is 11.6. The molecule has 0 aliphatic carbocycles. The highest BCUT2D eigenvalue weighted by molar-refractivity contribution is 7.98. The standard InChI is InChI=1S/C11H18N2O2S2/c1-12-17(14,15)11-6-3-5-10(9-11)13-7-4-8-16-2/h3,5-6,9,12-13H,4,7-8H2,1-2H3. The molecule has 17 heavy (non-hydrogen) atoms. The molecule has 0 aliphatic rings. The minimum atomic E-state index is -3.35. The van der Waals surface area contributed by atoms with Crippen molar-refractivity contribution in [2.24, 2.45) is 0 Å². The maximum Gasteiger partial charge on any atom is 0.240 e. The minimum absolute atomic E-state index is 0.287. The summed E-state index contributed by atoms with van der Waals surface area (Å²) in [5, 5.41) is 3.21. The van der Waals surface area contributed by atoms with Gasteiger partial charge in [-0.05, 0) is 43.7 Å². The van der Waals surface area contributed by atoms with E-state index in [4.69, 9.17) is 0 Å². The average Bonchev–Trinajstić information content (AvgIpc) is 2.35. The van der Waals surface area contributed by atoms with Crippen LogP contribution < -0.4 is 10.0 Å². The van der Waals surface area contributed by atoms with Gasteiger partial charge < -0.3 is 5.32 Å². The van der Waals surface area contributed by atoms with Crippen LogP contribution in [0.2, 0.25) is 0 Å². The van der Waals surface area contributed by atoms with E-state index in [1.165, 1.54) is 7.05 Å². The smallest absolute Gasteiger partial charge is 0.240 e. The highest BCUT2D eigenvalue weighted by Crippen LogP contribution is 2.15. The van der Waals surface area contributed by atoms with E-state index in [1.54, 1.807) is 30.0 Å². The van der Waals surface area contributed by atoms with E-state index in [1.807, 2.05) is 6.07 Å². The molecule has 4 nitrogen and oxygen atoms in total. The summed E-state index contributed by atoms with van der Waals surface area (Å²) >= 11 is 1.80. The third-order valence-electron chi connectivity index (χ3n) is 2.27. The topological polar surface area (TPSA) is 58.2 Å². The molecule has 6 heteroatoms. The average molecular weight is 274 g/mol. The van der Waals surface area contributed by atoms with Crippen molar-refractivity contribution in [1.29, 1.82) is 0 Å². The molecule has 96 valence electrons. The fourth-order valence-corrected chi connectivity index (χ4v) is 2.55.